The lowest BCUT2D eigenvalue weighted by atomic mass is 10.4. The fraction of sp³-hybridized carbons (Fsp3) is 0.700. The van der Waals surface area contributed by atoms with Gasteiger partial charge in [-0.3, -0.25) is 4.68 Å². The van der Waals surface area contributed by atoms with Gasteiger partial charge in [-0.05, 0) is 17.8 Å². The summed E-state index contributed by atoms with van der Waals surface area (Å²) in [6.45, 7) is 2.17. The van der Waals surface area contributed by atoms with Crippen molar-refractivity contribution in [2.24, 2.45) is 0 Å². The standard InChI is InChI=1S/C10H16F3N3OS/c1-17-6-3-14-8-9-2-4-16(15-9)5-7-18-10(11,12)13/h2,4,14H,3,5-8H2,1H3. The molecule has 1 aromatic heterocycles. The average Bonchev–Trinajstić information content (AvgIpc) is 2.71. The van der Waals surface area contributed by atoms with Gasteiger partial charge in [-0.2, -0.15) is 18.3 Å². The maximum Gasteiger partial charge on any atom is 0.441 e. The number of hydrogen-bond acceptors (Lipinski definition) is 4. The van der Waals surface area contributed by atoms with Crippen molar-refractivity contribution in [1.29, 1.82) is 0 Å². The molecule has 1 heterocycles. The topological polar surface area (TPSA) is 39.1 Å². The highest BCUT2D eigenvalue weighted by Gasteiger charge is 2.27. The van der Waals surface area contributed by atoms with Crippen LogP contribution in [0.5, 0.6) is 0 Å². The minimum absolute atomic E-state index is 0.0261. The molecule has 18 heavy (non-hydrogen) atoms. The number of rotatable bonds is 8. The molecule has 0 saturated carbocycles. The Bertz CT molecular complexity index is 343. The molecular weight excluding hydrogens is 267 g/mol. The van der Waals surface area contributed by atoms with Crippen molar-refractivity contribution in [3.05, 3.63) is 18.0 Å². The fourth-order valence-corrected chi connectivity index (χ4v) is 1.78. The molecule has 0 saturated heterocycles. The maximum atomic E-state index is 11.9. The third-order valence-electron chi connectivity index (χ3n) is 2.07. The number of alkyl halides is 3. The number of ether oxygens (including phenoxy) is 1. The van der Waals surface area contributed by atoms with E-state index in [4.69, 9.17) is 4.74 Å². The first-order valence-corrected chi connectivity index (χ1v) is 6.42. The Hall–Kier alpha value is -0.730. The van der Waals surface area contributed by atoms with E-state index in [-0.39, 0.29) is 24.1 Å². The summed E-state index contributed by atoms with van der Waals surface area (Å²) in [4.78, 5) is 0. The van der Waals surface area contributed by atoms with Gasteiger partial charge in [0, 0.05) is 32.1 Å². The molecule has 8 heteroatoms. The van der Waals surface area contributed by atoms with Gasteiger partial charge in [0.2, 0.25) is 0 Å². The van der Waals surface area contributed by atoms with Crippen LogP contribution in [-0.4, -0.2) is 41.3 Å². The molecule has 1 N–H and O–H groups in total. The third-order valence-corrected chi connectivity index (χ3v) is 2.79. The zero-order chi connectivity index (χ0) is 13.4. The van der Waals surface area contributed by atoms with Crippen LogP contribution in [-0.2, 0) is 17.8 Å². The van der Waals surface area contributed by atoms with Crippen LogP contribution < -0.4 is 5.32 Å². The highest BCUT2D eigenvalue weighted by Crippen LogP contribution is 2.29. The van der Waals surface area contributed by atoms with E-state index in [2.05, 4.69) is 10.4 Å². The number of nitrogens with zero attached hydrogens (tertiary/aromatic N) is 2. The maximum absolute atomic E-state index is 11.9. The molecule has 0 amide bonds. The molecule has 0 aliphatic carbocycles. The third kappa shape index (κ3) is 6.87. The van der Waals surface area contributed by atoms with Crippen LogP contribution in [0, 0.1) is 0 Å². The summed E-state index contributed by atoms with van der Waals surface area (Å²) in [6, 6.07) is 1.79. The summed E-state index contributed by atoms with van der Waals surface area (Å²) < 4.78 is 42.1. The van der Waals surface area contributed by atoms with E-state index < -0.39 is 5.51 Å². The quantitative estimate of drug-likeness (QED) is 0.739. The van der Waals surface area contributed by atoms with Crippen LogP contribution in [0.2, 0.25) is 0 Å². The summed E-state index contributed by atoms with van der Waals surface area (Å²) in [7, 11) is 1.62. The van der Waals surface area contributed by atoms with Gasteiger partial charge < -0.3 is 10.1 Å². The number of aromatic nitrogens is 2. The second kappa shape index (κ2) is 7.65. The van der Waals surface area contributed by atoms with Crippen molar-refractivity contribution in [3.8, 4) is 0 Å². The van der Waals surface area contributed by atoms with Gasteiger partial charge in [0.1, 0.15) is 0 Å². The predicted octanol–water partition coefficient (Wildman–Crippen LogP) is 1.87. The van der Waals surface area contributed by atoms with E-state index >= 15 is 0 Å². The first kappa shape index (κ1) is 15.3. The molecular formula is C10H16F3N3OS. The fourth-order valence-electron chi connectivity index (χ4n) is 1.27. The first-order valence-electron chi connectivity index (χ1n) is 5.44. The Labute approximate surface area is 108 Å². The number of hydrogen-bond donors (Lipinski definition) is 1. The molecule has 0 bridgehead atoms. The molecule has 4 nitrogen and oxygen atoms in total. The van der Waals surface area contributed by atoms with Crippen LogP contribution >= 0.6 is 11.8 Å². The molecule has 1 aromatic rings. The van der Waals surface area contributed by atoms with Crippen molar-refractivity contribution < 1.29 is 17.9 Å². The monoisotopic (exact) mass is 283 g/mol. The number of nitrogens with one attached hydrogen (secondary N) is 1. The van der Waals surface area contributed by atoms with Gasteiger partial charge in [0.05, 0.1) is 18.8 Å². The van der Waals surface area contributed by atoms with E-state index in [0.717, 1.165) is 5.69 Å². The summed E-state index contributed by atoms with van der Waals surface area (Å²) in [6.07, 6.45) is 1.68. The lowest BCUT2D eigenvalue weighted by molar-refractivity contribution is -0.0328. The average molecular weight is 283 g/mol. The largest absolute Gasteiger partial charge is 0.441 e. The van der Waals surface area contributed by atoms with Crippen molar-refractivity contribution >= 4 is 11.8 Å². The molecule has 0 aromatic carbocycles. The molecule has 0 radical (unpaired) electrons. The molecule has 0 unspecified atom stereocenters. The van der Waals surface area contributed by atoms with Crippen molar-refractivity contribution in [2.75, 3.05) is 26.0 Å². The summed E-state index contributed by atoms with van der Waals surface area (Å²) in [5.74, 6) is -0.0261. The smallest absolute Gasteiger partial charge is 0.383 e. The van der Waals surface area contributed by atoms with Crippen LogP contribution in [0.3, 0.4) is 0 Å². The second-order valence-corrected chi connectivity index (χ2v) is 4.69. The van der Waals surface area contributed by atoms with Crippen molar-refractivity contribution in [2.45, 2.75) is 18.6 Å². The Morgan fingerprint density at radius 3 is 2.94 bits per heavy atom. The van der Waals surface area contributed by atoms with Crippen LogP contribution in [0.25, 0.3) is 0 Å². The van der Waals surface area contributed by atoms with Crippen LogP contribution in [0.1, 0.15) is 5.69 Å². The van der Waals surface area contributed by atoms with Crippen LogP contribution in [0.4, 0.5) is 13.2 Å². The normalized spacial score (nSPS) is 12.0. The van der Waals surface area contributed by atoms with Gasteiger partial charge in [0.15, 0.2) is 0 Å². The number of aryl methyl sites for hydroxylation is 1. The van der Waals surface area contributed by atoms with Gasteiger partial charge in [-0.1, -0.05) is 0 Å². The summed E-state index contributed by atoms with van der Waals surface area (Å²) in [5.41, 5.74) is -3.36. The molecule has 0 spiro atoms. The molecule has 104 valence electrons. The zero-order valence-electron chi connectivity index (χ0n) is 10.0. The van der Waals surface area contributed by atoms with E-state index in [1.165, 1.54) is 4.68 Å². The van der Waals surface area contributed by atoms with Gasteiger partial charge >= 0.3 is 5.51 Å². The predicted molar refractivity (Wildman–Crippen MR) is 64.3 cm³/mol. The van der Waals surface area contributed by atoms with Gasteiger partial charge in [-0.15, -0.1) is 0 Å². The van der Waals surface area contributed by atoms with E-state index in [9.17, 15) is 13.2 Å². The highest BCUT2D eigenvalue weighted by molar-refractivity contribution is 8.00. The van der Waals surface area contributed by atoms with E-state index in [0.29, 0.717) is 19.7 Å². The lowest BCUT2D eigenvalue weighted by Gasteiger charge is -2.05. The molecule has 0 atom stereocenters. The number of halogens is 3. The molecule has 1 rings (SSSR count). The Morgan fingerprint density at radius 2 is 2.28 bits per heavy atom. The Morgan fingerprint density at radius 1 is 1.50 bits per heavy atom. The Balaban J connectivity index is 2.21. The SMILES string of the molecule is COCCNCc1ccn(CCSC(F)(F)F)n1. The Kier molecular flexibility index (Phi) is 6.51. The van der Waals surface area contributed by atoms with E-state index in [1.807, 2.05) is 0 Å². The highest BCUT2D eigenvalue weighted by atomic mass is 32.2. The zero-order valence-corrected chi connectivity index (χ0v) is 10.9. The second-order valence-electron chi connectivity index (χ2n) is 3.53. The number of methoxy groups -OCH3 is 1. The minimum atomic E-state index is -4.17. The summed E-state index contributed by atoms with van der Waals surface area (Å²) >= 11 is -0.0309. The lowest BCUT2D eigenvalue weighted by Crippen LogP contribution is -2.19. The van der Waals surface area contributed by atoms with Gasteiger partial charge in [0.25, 0.3) is 0 Å². The van der Waals surface area contributed by atoms with Crippen LogP contribution in [0.15, 0.2) is 12.3 Å². The molecule has 0 fully saturated rings. The van der Waals surface area contributed by atoms with Crippen molar-refractivity contribution in [1.82, 2.24) is 15.1 Å². The number of thioether (sulfide) groups is 1. The first-order chi connectivity index (χ1) is 8.51. The van der Waals surface area contributed by atoms with E-state index in [1.54, 1.807) is 19.4 Å². The molecule has 0 aliphatic heterocycles. The van der Waals surface area contributed by atoms with Gasteiger partial charge in [-0.25, -0.2) is 0 Å². The van der Waals surface area contributed by atoms with Crippen molar-refractivity contribution in [3.63, 3.8) is 0 Å². The minimum Gasteiger partial charge on any atom is -0.383 e. The molecule has 0 aliphatic rings. The summed E-state index contributed by atoms with van der Waals surface area (Å²) in [5, 5.41) is 7.27.